The third kappa shape index (κ3) is 4.51. The number of nitrogens with one attached hydrogen (secondary N) is 1. The molecule has 2 rings (SSSR count). The van der Waals surface area contributed by atoms with Crippen molar-refractivity contribution in [2.75, 3.05) is 20.3 Å². The molecule has 5 heteroatoms. The molecule has 4 nitrogen and oxygen atoms in total. The van der Waals surface area contributed by atoms with Crippen molar-refractivity contribution in [3.05, 3.63) is 58.1 Å². The molecule has 0 spiro atoms. The summed E-state index contributed by atoms with van der Waals surface area (Å²) in [4.78, 5) is 12.5. The van der Waals surface area contributed by atoms with E-state index in [4.69, 9.17) is 9.47 Å². The van der Waals surface area contributed by atoms with Gasteiger partial charge in [0.1, 0.15) is 0 Å². The van der Waals surface area contributed by atoms with Crippen molar-refractivity contribution in [3.63, 3.8) is 0 Å². The fourth-order valence-electron chi connectivity index (χ4n) is 2.41. The Bertz CT molecular complexity index is 689. The number of rotatable bonds is 7. The Hall–Kier alpha value is -2.01. The summed E-state index contributed by atoms with van der Waals surface area (Å²) in [5.41, 5.74) is 1.73. The van der Waals surface area contributed by atoms with Crippen LogP contribution >= 0.6 is 15.9 Å². The minimum Gasteiger partial charge on any atom is -0.492 e. The number of carbonyl (C=O) groups excluding carboxylic acids is 1. The highest BCUT2D eigenvalue weighted by molar-refractivity contribution is 9.10. The van der Waals surface area contributed by atoms with E-state index in [2.05, 4.69) is 40.3 Å². The molecule has 0 heterocycles. The normalized spacial score (nSPS) is 11.7. The van der Waals surface area contributed by atoms with E-state index >= 15 is 0 Å². The zero-order valence-electron chi connectivity index (χ0n) is 14.1. The van der Waals surface area contributed by atoms with Crippen LogP contribution in [0.2, 0.25) is 0 Å². The molecule has 0 unspecified atom stereocenters. The fourth-order valence-corrected chi connectivity index (χ4v) is 3.01. The minimum absolute atomic E-state index is 0.137. The van der Waals surface area contributed by atoms with Crippen LogP contribution in [0.5, 0.6) is 11.5 Å². The highest BCUT2D eigenvalue weighted by Gasteiger charge is 2.16. The topological polar surface area (TPSA) is 47.6 Å². The highest BCUT2D eigenvalue weighted by Crippen LogP contribution is 2.36. The molecule has 1 N–H and O–H groups in total. The van der Waals surface area contributed by atoms with Gasteiger partial charge in [-0.05, 0) is 46.5 Å². The Morgan fingerprint density at radius 1 is 1.25 bits per heavy atom. The Balaban J connectivity index is 2.09. The maximum absolute atomic E-state index is 12.5. The molecule has 0 bridgehead atoms. The number of hydrogen-bond donors (Lipinski definition) is 1. The fraction of sp³-hybridized carbons (Fsp3) is 0.316. The predicted octanol–water partition coefficient (Wildman–Crippen LogP) is 4.39. The van der Waals surface area contributed by atoms with Gasteiger partial charge in [-0.3, -0.25) is 4.79 Å². The molecule has 0 saturated carbocycles. The van der Waals surface area contributed by atoms with Crippen LogP contribution in [0, 0.1) is 0 Å². The van der Waals surface area contributed by atoms with E-state index in [0.717, 1.165) is 0 Å². The number of amides is 1. The first kappa shape index (κ1) is 18.3. The summed E-state index contributed by atoms with van der Waals surface area (Å²) in [6, 6.07) is 13.6. The zero-order chi connectivity index (χ0) is 17.5. The van der Waals surface area contributed by atoms with E-state index in [1.54, 1.807) is 19.2 Å². The predicted molar refractivity (Wildman–Crippen MR) is 99.1 cm³/mol. The lowest BCUT2D eigenvalue weighted by Gasteiger charge is -2.15. The van der Waals surface area contributed by atoms with Gasteiger partial charge in [0.05, 0.1) is 18.2 Å². The first-order valence-electron chi connectivity index (χ1n) is 7.90. The summed E-state index contributed by atoms with van der Waals surface area (Å²) in [6.45, 7) is 5.04. The molecule has 0 aliphatic carbocycles. The zero-order valence-corrected chi connectivity index (χ0v) is 15.7. The Morgan fingerprint density at radius 3 is 2.58 bits per heavy atom. The SMILES string of the molecule is CCOc1cc(C(=O)NC[C@@H](C)c2ccccc2)cc(Br)c1OC. The second kappa shape index (κ2) is 8.73. The van der Waals surface area contributed by atoms with Crippen molar-refractivity contribution in [2.45, 2.75) is 19.8 Å². The monoisotopic (exact) mass is 391 g/mol. The van der Waals surface area contributed by atoms with Crippen molar-refractivity contribution >= 4 is 21.8 Å². The molecule has 0 aliphatic rings. The van der Waals surface area contributed by atoms with E-state index in [0.29, 0.717) is 34.7 Å². The largest absolute Gasteiger partial charge is 0.492 e. The van der Waals surface area contributed by atoms with E-state index in [-0.39, 0.29) is 11.8 Å². The Kier molecular flexibility index (Phi) is 6.67. The lowest BCUT2D eigenvalue weighted by Crippen LogP contribution is -2.27. The van der Waals surface area contributed by atoms with Crippen LogP contribution in [0.1, 0.15) is 35.7 Å². The third-order valence-electron chi connectivity index (χ3n) is 3.71. The maximum Gasteiger partial charge on any atom is 0.251 e. The van der Waals surface area contributed by atoms with Crippen molar-refractivity contribution < 1.29 is 14.3 Å². The maximum atomic E-state index is 12.5. The molecule has 0 saturated heterocycles. The van der Waals surface area contributed by atoms with Crippen LogP contribution in [0.25, 0.3) is 0 Å². The van der Waals surface area contributed by atoms with Gasteiger partial charge in [-0.2, -0.15) is 0 Å². The van der Waals surface area contributed by atoms with Crippen LogP contribution in [-0.4, -0.2) is 26.2 Å². The highest BCUT2D eigenvalue weighted by atomic mass is 79.9. The van der Waals surface area contributed by atoms with Gasteiger partial charge in [0, 0.05) is 12.1 Å². The van der Waals surface area contributed by atoms with Gasteiger partial charge in [0.15, 0.2) is 11.5 Å². The van der Waals surface area contributed by atoms with E-state index < -0.39 is 0 Å². The van der Waals surface area contributed by atoms with Crippen LogP contribution < -0.4 is 14.8 Å². The van der Waals surface area contributed by atoms with E-state index in [9.17, 15) is 4.79 Å². The van der Waals surface area contributed by atoms with Crippen molar-refractivity contribution in [1.29, 1.82) is 0 Å². The molecule has 0 aliphatic heterocycles. The number of ether oxygens (including phenoxy) is 2. The lowest BCUT2D eigenvalue weighted by molar-refractivity contribution is 0.0951. The van der Waals surface area contributed by atoms with E-state index in [1.165, 1.54) is 5.56 Å². The lowest BCUT2D eigenvalue weighted by atomic mass is 10.0. The number of methoxy groups -OCH3 is 1. The van der Waals surface area contributed by atoms with Crippen LogP contribution in [0.3, 0.4) is 0 Å². The number of benzene rings is 2. The standard InChI is InChI=1S/C19H22BrNO3/c1-4-24-17-11-15(10-16(20)18(17)23-3)19(22)21-12-13(2)14-8-6-5-7-9-14/h5-11,13H,4,12H2,1-3H3,(H,21,22)/t13-/m1/s1. The number of hydrogen-bond acceptors (Lipinski definition) is 3. The second-order valence-electron chi connectivity index (χ2n) is 5.44. The molecule has 0 aromatic heterocycles. The first-order chi connectivity index (χ1) is 11.6. The molecular formula is C19H22BrNO3. The van der Waals surface area contributed by atoms with Gasteiger partial charge in [0.2, 0.25) is 0 Å². The van der Waals surface area contributed by atoms with Crippen LogP contribution in [0.15, 0.2) is 46.9 Å². The summed E-state index contributed by atoms with van der Waals surface area (Å²) in [5, 5.41) is 2.98. The van der Waals surface area contributed by atoms with Gasteiger partial charge in [-0.25, -0.2) is 0 Å². The summed E-state index contributed by atoms with van der Waals surface area (Å²) in [6.07, 6.45) is 0. The van der Waals surface area contributed by atoms with Crippen molar-refractivity contribution in [1.82, 2.24) is 5.32 Å². The second-order valence-corrected chi connectivity index (χ2v) is 6.30. The third-order valence-corrected chi connectivity index (χ3v) is 4.30. The Morgan fingerprint density at radius 2 is 1.96 bits per heavy atom. The minimum atomic E-state index is -0.137. The molecule has 0 fully saturated rings. The molecule has 2 aromatic carbocycles. The summed E-state index contributed by atoms with van der Waals surface area (Å²) in [5.74, 6) is 1.24. The van der Waals surface area contributed by atoms with Gasteiger partial charge in [0.25, 0.3) is 5.91 Å². The molecule has 24 heavy (non-hydrogen) atoms. The van der Waals surface area contributed by atoms with Gasteiger partial charge in [-0.15, -0.1) is 0 Å². The first-order valence-corrected chi connectivity index (χ1v) is 8.69. The molecule has 0 radical (unpaired) electrons. The average Bonchev–Trinajstić information content (AvgIpc) is 2.60. The molecule has 1 amide bonds. The number of halogens is 1. The summed E-state index contributed by atoms with van der Waals surface area (Å²) < 4.78 is 11.6. The molecule has 2 aromatic rings. The summed E-state index contributed by atoms with van der Waals surface area (Å²) in [7, 11) is 1.57. The van der Waals surface area contributed by atoms with Gasteiger partial charge < -0.3 is 14.8 Å². The van der Waals surface area contributed by atoms with Gasteiger partial charge in [-0.1, -0.05) is 37.3 Å². The van der Waals surface area contributed by atoms with E-state index in [1.807, 2.05) is 25.1 Å². The average molecular weight is 392 g/mol. The smallest absolute Gasteiger partial charge is 0.251 e. The van der Waals surface area contributed by atoms with Crippen molar-refractivity contribution in [2.24, 2.45) is 0 Å². The quantitative estimate of drug-likeness (QED) is 0.760. The summed E-state index contributed by atoms with van der Waals surface area (Å²) >= 11 is 3.43. The molecule has 128 valence electrons. The molecule has 1 atom stereocenters. The molecular weight excluding hydrogens is 370 g/mol. The number of carbonyl (C=O) groups is 1. The van der Waals surface area contributed by atoms with Gasteiger partial charge >= 0.3 is 0 Å². The Labute approximate surface area is 151 Å². The van der Waals surface area contributed by atoms with Crippen LogP contribution in [-0.2, 0) is 0 Å². The van der Waals surface area contributed by atoms with Crippen LogP contribution in [0.4, 0.5) is 0 Å². The van der Waals surface area contributed by atoms with Crippen molar-refractivity contribution in [3.8, 4) is 11.5 Å².